The van der Waals surface area contributed by atoms with Crippen LogP contribution in [0.4, 0.5) is 0 Å². The Labute approximate surface area is 140 Å². The summed E-state index contributed by atoms with van der Waals surface area (Å²) in [5.41, 5.74) is 0. The van der Waals surface area contributed by atoms with Gasteiger partial charge in [0.05, 0.1) is 13.2 Å². The van der Waals surface area contributed by atoms with Gasteiger partial charge < -0.3 is 14.9 Å². The Balaban J connectivity index is 3.93. The molecule has 0 aliphatic carbocycles. The molecule has 23 heavy (non-hydrogen) atoms. The maximum absolute atomic E-state index is 12.1. The van der Waals surface area contributed by atoms with Gasteiger partial charge in [-0.05, 0) is 12.8 Å². The number of ketones is 1. The van der Waals surface area contributed by atoms with Crippen molar-refractivity contribution in [1.82, 2.24) is 0 Å². The Bertz CT molecular complexity index is 317. The van der Waals surface area contributed by atoms with Crippen molar-refractivity contribution in [3.05, 3.63) is 0 Å². The highest BCUT2D eigenvalue weighted by atomic mass is 16.5. The van der Waals surface area contributed by atoms with E-state index in [1.54, 1.807) is 0 Å². The number of hydrogen-bond donors (Lipinski definition) is 2. The molecule has 0 spiro atoms. The summed E-state index contributed by atoms with van der Waals surface area (Å²) in [6.07, 6.45) is 9.48. The summed E-state index contributed by atoms with van der Waals surface area (Å²) in [5, 5.41) is 18.7. The monoisotopic (exact) mass is 330 g/mol. The molecule has 136 valence electrons. The van der Waals surface area contributed by atoms with Crippen molar-refractivity contribution < 1.29 is 24.5 Å². The first-order valence-electron chi connectivity index (χ1n) is 8.97. The summed E-state index contributed by atoms with van der Waals surface area (Å²) >= 11 is 0. The van der Waals surface area contributed by atoms with E-state index < -0.39 is 18.0 Å². The van der Waals surface area contributed by atoms with Crippen LogP contribution in [0.5, 0.6) is 0 Å². The largest absolute Gasteiger partial charge is 0.468 e. The molecule has 0 heterocycles. The van der Waals surface area contributed by atoms with Gasteiger partial charge in [0.1, 0.15) is 11.7 Å². The number of aliphatic hydroxyl groups excluding tert-OH is 2. The van der Waals surface area contributed by atoms with Crippen LogP contribution in [0.2, 0.25) is 0 Å². The van der Waals surface area contributed by atoms with Gasteiger partial charge in [-0.2, -0.15) is 0 Å². The van der Waals surface area contributed by atoms with Crippen LogP contribution >= 0.6 is 0 Å². The zero-order valence-electron chi connectivity index (χ0n) is 14.8. The van der Waals surface area contributed by atoms with Gasteiger partial charge in [0.15, 0.2) is 0 Å². The molecule has 0 amide bonds. The fourth-order valence-corrected chi connectivity index (χ4v) is 2.69. The molecule has 0 fully saturated rings. The molecule has 5 heteroatoms. The fourth-order valence-electron chi connectivity index (χ4n) is 2.69. The summed E-state index contributed by atoms with van der Waals surface area (Å²) in [6.45, 7) is 1.94. The average molecular weight is 330 g/mol. The number of rotatable bonds is 15. The Morgan fingerprint density at radius 1 is 0.957 bits per heavy atom. The Morgan fingerprint density at radius 3 is 1.96 bits per heavy atom. The molecule has 0 aliphatic rings. The Morgan fingerprint density at radius 2 is 1.48 bits per heavy atom. The summed E-state index contributed by atoms with van der Waals surface area (Å²) in [5.74, 6) is -2.17. The van der Waals surface area contributed by atoms with Crippen molar-refractivity contribution in [1.29, 1.82) is 0 Å². The number of carbonyl (C=O) groups excluding carboxylic acids is 2. The number of hydrogen-bond acceptors (Lipinski definition) is 5. The molecule has 0 saturated carbocycles. The highest BCUT2D eigenvalue weighted by Crippen LogP contribution is 2.16. The van der Waals surface area contributed by atoms with Crippen LogP contribution in [0.15, 0.2) is 0 Å². The number of Topliss-reactive ketones (excluding diaryl/α,β-unsaturated/α-hetero) is 1. The maximum Gasteiger partial charge on any atom is 0.318 e. The first-order chi connectivity index (χ1) is 11.1. The van der Waals surface area contributed by atoms with E-state index in [9.17, 15) is 14.7 Å². The molecule has 0 bridgehead atoms. The molecule has 2 unspecified atom stereocenters. The molecule has 0 saturated heterocycles. The van der Waals surface area contributed by atoms with Crippen molar-refractivity contribution in [3.63, 3.8) is 0 Å². The minimum Gasteiger partial charge on any atom is -0.468 e. The second-order valence-electron chi connectivity index (χ2n) is 6.13. The number of carbonyl (C=O) groups is 2. The van der Waals surface area contributed by atoms with Crippen molar-refractivity contribution in [2.75, 3.05) is 13.7 Å². The summed E-state index contributed by atoms with van der Waals surface area (Å²) in [4.78, 5) is 23.8. The average Bonchev–Trinajstić information content (AvgIpc) is 2.53. The first kappa shape index (κ1) is 22.1. The van der Waals surface area contributed by atoms with Gasteiger partial charge in [0.25, 0.3) is 0 Å². The number of methoxy groups -OCH3 is 1. The molecule has 0 radical (unpaired) electrons. The van der Waals surface area contributed by atoms with Gasteiger partial charge in [-0.15, -0.1) is 0 Å². The van der Waals surface area contributed by atoms with Gasteiger partial charge in [-0.1, -0.05) is 58.3 Å². The lowest BCUT2D eigenvalue weighted by atomic mass is 9.92. The van der Waals surface area contributed by atoms with Gasteiger partial charge in [-0.3, -0.25) is 9.59 Å². The van der Waals surface area contributed by atoms with E-state index in [0.717, 1.165) is 19.3 Å². The molecule has 2 atom stereocenters. The van der Waals surface area contributed by atoms with Gasteiger partial charge >= 0.3 is 5.97 Å². The molecule has 2 N–H and O–H groups in total. The molecule has 0 aromatic rings. The van der Waals surface area contributed by atoms with E-state index >= 15 is 0 Å². The number of unbranched alkanes of at least 4 members (excludes halogenated alkanes) is 8. The second-order valence-corrected chi connectivity index (χ2v) is 6.13. The molecule has 0 rings (SSSR count). The zero-order valence-corrected chi connectivity index (χ0v) is 14.8. The minimum absolute atomic E-state index is 0.00324. The summed E-state index contributed by atoms with van der Waals surface area (Å²) in [6, 6.07) is 0. The van der Waals surface area contributed by atoms with E-state index in [0.29, 0.717) is 0 Å². The van der Waals surface area contributed by atoms with Crippen molar-refractivity contribution >= 4 is 11.8 Å². The standard InChI is InChI=1S/C18H34O5/c1-3-4-5-6-7-8-9-10-11-12-15(20)17(18(22)23-2)16(21)13-14-19/h16-17,19,21H,3-14H2,1-2H3. The van der Waals surface area contributed by atoms with Gasteiger partial charge in [0, 0.05) is 13.0 Å². The lowest BCUT2D eigenvalue weighted by Gasteiger charge is -2.18. The van der Waals surface area contributed by atoms with E-state index in [-0.39, 0.29) is 25.2 Å². The van der Waals surface area contributed by atoms with Crippen LogP contribution < -0.4 is 0 Å². The van der Waals surface area contributed by atoms with E-state index in [4.69, 9.17) is 5.11 Å². The zero-order chi connectivity index (χ0) is 17.5. The predicted octanol–water partition coefficient (Wildman–Crippen LogP) is 3.01. The van der Waals surface area contributed by atoms with Crippen LogP contribution in [-0.4, -0.2) is 41.8 Å². The summed E-state index contributed by atoms with van der Waals surface area (Å²) < 4.78 is 4.59. The second kappa shape index (κ2) is 14.6. The van der Waals surface area contributed by atoms with Crippen molar-refractivity contribution in [3.8, 4) is 0 Å². The third-order valence-electron chi connectivity index (χ3n) is 4.14. The smallest absolute Gasteiger partial charge is 0.318 e. The van der Waals surface area contributed by atoms with Crippen LogP contribution in [0.1, 0.15) is 77.6 Å². The van der Waals surface area contributed by atoms with E-state index in [2.05, 4.69) is 11.7 Å². The highest BCUT2D eigenvalue weighted by Gasteiger charge is 2.33. The van der Waals surface area contributed by atoms with Crippen molar-refractivity contribution in [2.24, 2.45) is 5.92 Å². The highest BCUT2D eigenvalue weighted by molar-refractivity contribution is 5.99. The molecule has 0 aliphatic heterocycles. The Hall–Kier alpha value is -0.940. The number of esters is 1. The quantitative estimate of drug-likeness (QED) is 0.274. The van der Waals surface area contributed by atoms with Crippen LogP contribution in [0, 0.1) is 5.92 Å². The first-order valence-corrected chi connectivity index (χ1v) is 8.97. The third kappa shape index (κ3) is 10.4. The summed E-state index contributed by atoms with van der Waals surface area (Å²) in [7, 11) is 1.20. The predicted molar refractivity (Wildman–Crippen MR) is 90.1 cm³/mol. The molecular formula is C18H34O5. The van der Waals surface area contributed by atoms with Crippen LogP contribution in [-0.2, 0) is 14.3 Å². The van der Waals surface area contributed by atoms with Crippen LogP contribution in [0.3, 0.4) is 0 Å². The fraction of sp³-hybridized carbons (Fsp3) is 0.889. The molecule has 0 aromatic heterocycles. The number of ether oxygens (including phenoxy) is 1. The van der Waals surface area contributed by atoms with Gasteiger partial charge in [0.2, 0.25) is 0 Å². The topological polar surface area (TPSA) is 83.8 Å². The van der Waals surface area contributed by atoms with Crippen LogP contribution in [0.25, 0.3) is 0 Å². The maximum atomic E-state index is 12.1. The molecule has 0 aromatic carbocycles. The normalized spacial score (nSPS) is 13.6. The lowest BCUT2D eigenvalue weighted by Crippen LogP contribution is -2.36. The SMILES string of the molecule is CCCCCCCCCCCC(=O)C(C(=O)OC)C(O)CCO. The third-order valence-corrected chi connectivity index (χ3v) is 4.14. The van der Waals surface area contributed by atoms with E-state index in [1.807, 2.05) is 0 Å². The van der Waals surface area contributed by atoms with E-state index in [1.165, 1.54) is 45.6 Å². The lowest BCUT2D eigenvalue weighted by molar-refractivity contribution is -0.154. The molecule has 5 nitrogen and oxygen atoms in total. The van der Waals surface area contributed by atoms with Gasteiger partial charge in [-0.25, -0.2) is 0 Å². The molecular weight excluding hydrogens is 296 g/mol. The minimum atomic E-state index is -1.17. The number of aliphatic hydroxyl groups is 2. The van der Waals surface area contributed by atoms with Crippen molar-refractivity contribution in [2.45, 2.75) is 83.7 Å². The Kier molecular flexibility index (Phi) is 14.0.